The Hall–Kier alpha value is -2.96. The predicted octanol–water partition coefficient (Wildman–Crippen LogP) is 3.82. The van der Waals surface area contributed by atoms with E-state index in [4.69, 9.17) is 4.74 Å². The Balaban J connectivity index is 1.73. The first kappa shape index (κ1) is 21.7. The summed E-state index contributed by atoms with van der Waals surface area (Å²) in [6.07, 6.45) is 3.95. The van der Waals surface area contributed by atoms with Gasteiger partial charge in [0, 0.05) is 18.2 Å². The summed E-state index contributed by atoms with van der Waals surface area (Å²) in [6, 6.07) is 11.1. The van der Waals surface area contributed by atoms with Crippen LogP contribution in [-0.4, -0.2) is 35.4 Å². The fourth-order valence-electron chi connectivity index (χ4n) is 3.57. The lowest BCUT2D eigenvalue weighted by Crippen LogP contribution is -2.50. The van der Waals surface area contributed by atoms with E-state index in [9.17, 15) is 18.4 Å². The molecule has 1 N–H and O–H groups in total. The fraction of sp³-hybridized carbons (Fsp3) is 0.391. The maximum atomic E-state index is 14.2. The summed E-state index contributed by atoms with van der Waals surface area (Å²) < 4.78 is 33.3. The second kappa shape index (κ2) is 10.2. The first-order valence-corrected chi connectivity index (χ1v) is 10.2. The van der Waals surface area contributed by atoms with Crippen LogP contribution in [0.15, 0.2) is 48.5 Å². The standard InChI is InChI=1S/C23H26F2N2O3/c1-16(23(29)26-18-9-3-4-10-18)27(14-17-8-2-5-11-19(17)24)22(28)15-30-21-13-7-6-12-20(21)25/h2,5-8,11-13,16,18H,3-4,9-10,14-15H2,1H3,(H,26,29)/t16-/m0/s1. The smallest absolute Gasteiger partial charge is 0.261 e. The summed E-state index contributed by atoms with van der Waals surface area (Å²) in [5.74, 6) is -1.93. The van der Waals surface area contributed by atoms with Crippen LogP contribution in [0.4, 0.5) is 8.78 Å². The molecule has 1 saturated carbocycles. The number of nitrogens with zero attached hydrogens (tertiary/aromatic N) is 1. The molecule has 0 aromatic heterocycles. The van der Waals surface area contributed by atoms with Crippen LogP contribution in [0.1, 0.15) is 38.2 Å². The van der Waals surface area contributed by atoms with Crippen LogP contribution < -0.4 is 10.1 Å². The number of ether oxygens (including phenoxy) is 1. The summed E-state index contributed by atoms with van der Waals surface area (Å²) in [6.45, 7) is 1.05. The number of para-hydroxylation sites is 1. The van der Waals surface area contributed by atoms with E-state index in [1.54, 1.807) is 31.2 Å². The molecule has 0 spiro atoms. The zero-order valence-electron chi connectivity index (χ0n) is 16.9. The first-order chi connectivity index (χ1) is 14.5. The highest BCUT2D eigenvalue weighted by Crippen LogP contribution is 2.20. The third-order valence-corrected chi connectivity index (χ3v) is 5.36. The Morgan fingerprint density at radius 2 is 1.70 bits per heavy atom. The Morgan fingerprint density at radius 3 is 2.37 bits per heavy atom. The molecular weight excluding hydrogens is 390 g/mol. The molecular formula is C23H26F2N2O3. The lowest BCUT2D eigenvalue weighted by Gasteiger charge is -2.29. The van der Waals surface area contributed by atoms with Crippen molar-refractivity contribution < 1.29 is 23.1 Å². The van der Waals surface area contributed by atoms with Crippen molar-refractivity contribution >= 4 is 11.8 Å². The van der Waals surface area contributed by atoms with E-state index in [-0.39, 0.29) is 29.8 Å². The van der Waals surface area contributed by atoms with Crippen LogP contribution in [0.3, 0.4) is 0 Å². The number of carbonyl (C=O) groups is 2. The van der Waals surface area contributed by atoms with Gasteiger partial charge >= 0.3 is 0 Å². The van der Waals surface area contributed by atoms with Crippen LogP contribution in [0.2, 0.25) is 0 Å². The van der Waals surface area contributed by atoms with Gasteiger partial charge in [0.1, 0.15) is 11.9 Å². The maximum Gasteiger partial charge on any atom is 0.261 e. The molecule has 30 heavy (non-hydrogen) atoms. The van der Waals surface area contributed by atoms with Crippen molar-refractivity contribution in [2.75, 3.05) is 6.61 Å². The average Bonchev–Trinajstić information content (AvgIpc) is 3.25. The predicted molar refractivity (Wildman–Crippen MR) is 109 cm³/mol. The van der Waals surface area contributed by atoms with Crippen LogP contribution in [0.25, 0.3) is 0 Å². The summed E-state index contributed by atoms with van der Waals surface area (Å²) >= 11 is 0. The van der Waals surface area contributed by atoms with E-state index in [1.807, 2.05) is 0 Å². The highest BCUT2D eigenvalue weighted by Gasteiger charge is 2.29. The van der Waals surface area contributed by atoms with Crippen LogP contribution in [0, 0.1) is 11.6 Å². The molecule has 2 aromatic carbocycles. The van der Waals surface area contributed by atoms with Gasteiger partial charge < -0.3 is 15.0 Å². The molecule has 0 aliphatic heterocycles. The van der Waals surface area contributed by atoms with Crippen molar-refractivity contribution in [3.8, 4) is 5.75 Å². The van der Waals surface area contributed by atoms with Crippen molar-refractivity contribution in [2.24, 2.45) is 0 Å². The Labute approximate surface area is 175 Å². The van der Waals surface area contributed by atoms with Crippen molar-refractivity contribution in [3.63, 3.8) is 0 Å². The zero-order valence-corrected chi connectivity index (χ0v) is 16.9. The van der Waals surface area contributed by atoms with E-state index < -0.39 is 30.2 Å². The lowest BCUT2D eigenvalue weighted by atomic mass is 10.1. The molecule has 0 radical (unpaired) electrons. The number of halogens is 2. The van der Waals surface area contributed by atoms with E-state index in [2.05, 4.69) is 5.32 Å². The van der Waals surface area contributed by atoms with Gasteiger partial charge in [-0.2, -0.15) is 0 Å². The average molecular weight is 416 g/mol. The molecule has 2 amide bonds. The normalized spacial score (nSPS) is 14.9. The molecule has 1 aliphatic carbocycles. The maximum absolute atomic E-state index is 14.2. The minimum Gasteiger partial charge on any atom is -0.481 e. The summed E-state index contributed by atoms with van der Waals surface area (Å²) in [4.78, 5) is 26.9. The van der Waals surface area contributed by atoms with E-state index >= 15 is 0 Å². The number of benzene rings is 2. The van der Waals surface area contributed by atoms with Crippen LogP contribution in [0.5, 0.6) is 5.75 Å². The van der Waals surface area contributed by atoms with Crippen molar-refractivity contribution in [1.82, 2.24) is 10.2 Å². The van der Waals surface area contributed by atoms with Crippen LogP contribution in [-0.2, 0) is 16.1 Å². The quantitative estimate of drug-likeness (QED) is 0.712. The van der Waals surface area contributed by atoms with Gasteiger partial charge in [0.25, 0.3) is 5.91 Å². The molecule has 5 nitrogen and oxygen atoms in total. The van der Waals surface area contributed by atoms with Gasteiger partial charge in [0.15, 0.2) is 18.2 Å². The molecule has 1 aliphatic rings. The molecule has 160 valence electrons. The van der Waals surface area contributed by atoms with Gasteiger partial charge in [0.05, 0.1) is 0 Å². The molecule has 2 aromatic rings. The largest absolute Gasteiger partial charge is 0.481 e. The molecule has 1 atom stereocenters. The van der Waals surface area contributed by atoms with Gasteiger partial charge in [-0.1, -0.05) is 43.2 Å². The molecule has 0 unspecified atom stereocenters. The number of amides is 2. The Morgan fingerprint density at radius 1 is 1.07 bits per heavy atom. The lowest BCUT2D eigenvalue weighted by molar-refractivity contribution is -0.142. The van der Waals surface area contributed by atoms with Crippen LogP contribution >= 0.6 is 0 Å². The van der Waals surface area contributed by atoms with Crippen molar-refractivity contribution in [2.45, 2.75) is 51.2 Å². The Kier molecular flexibility index (Phi) is 7.38. The first-order valence-electron chi connectivity index (χ1n) is 10.2. The van der Waals surface area contributed by atoms with E-state index in [1.165, 1.54) is 29.2 Å². The van der Waals surface area contributed by atoms with Gasteiger partial charge in [-0.3, -0.25) is 9.59 Å². The number of rotatable bonds is 8. The third-order valence-electron chi connectivity index (χ3n) is 5.36. The minimum atomic E-state index is -0.832. The molecule has 7 heteroatoms. The monoisotopic (exact) mass is 416 g/mol. The molecule has 3 rings (SSSR count). The van der Waals surface area contributed by atoms with E-state index in [0.29, 0.717) is 0 Å². The molecule has 0 saturated heterocycles. The fourth-order valence-corrected chi connectivity index (χ4v) is 3.57. The van der Waals surface area contributed by atoms with Gasteiger partial charge in [-0.25, -0.2) is 8.78 Å². The minimum absolute atomic E-state index is 0.0558. The summed E-state index contributed by atoms with van der Waals surface area (Å²) in [5.41, 5.74) is 0.289. The molecule has 0 bridgehead atoms. The van der Waals surface area contributed by atoms with Crippen molar-refractivity contribution in [3.05, 3.63) is 65.7 Å². The Bertz CT molecular complexity index is 884. The second-order valence-corrected chi connectivity index (χ2v) is 7.50. The number of hydrogen-bond acceptors (Lipinski definition) is 3. The summed E-state index contributed by atoms with van der Waals surface area (Å²) in [7, 11) is 0. The zero-order chi connectivity index (χ0) is 21.5. The molecule has 0 heterocycles. The number of hydrogen-bond donors (Lipinski definition) is 1. The van der Waals surface area contributed by atoms with Gasteiger partial charge in [-0.15, -0.1) is 0 Å². The topological polar surface area (TPSA) is 58.6 Å². The molecule has 1 fully saturated rings. The summed E-state index contributed by atoms with van der Waals surface area (Å²) in [5, 5.41) is 2.97. The SMILES string of the molecule is C[C@@H](C(=O)NC1CCCC1)N(Cc1ccccc1F)C(=O)COc1ccccc1F. The second-order valence-electron chi connectivity index (χ2n) is 7.50. The highest BCUT2D eigenvalue weighted by molar-refractivity contribution is 5.88. The van der Waals surface area contributed by atoms with Gasteiger partial charge in [-0.05, 0) is 38.0 Å². The number of carbonyl (C=O) groups excluding carboxylic acids is 2. The van der Waals surface area contributed by atoms with Gasteiger partial charge in [0.2, 0.25) is 5.91 Å². The highest BCUT2D eigenvalue weighted by atomic mass is 19.1. The van der Waals surface area contributed by atoms with E-state index in [0.717, 1.165) is 25.7 Å². The number of nitrogens with one attached hydrogen (secondary N) is 1. The third kappa shape index (κ3) is 5.55. The van der Waals surface area contributed by atoms with Crippen molar-refractivity contribution in [1.29, 1.82) is 0 Å².